The Morgan fingerprint density at radius 1 is 1.21 bits per heavy atom. The SMILES string of the molecule is Cc1nc(NC(=O)C(=O)NCCc2c[nH]c3ccccc23)sc1C. The summed E-state index contributed by atoms with van der Waals surface area (Å²) in [4.78, 5) is 32.2. The Morgan fingerprint density at radius 2 is 2.00 bits per heavy atom. The zero-order valence-electron chi connectivity index (χ0n) is 13.5. The number of fused-ring (bicyclic) bond motifs is 1. The maximum atomic E-state index is 11.9. The summed E-state index contributed by atoms with van der Waals surface area (Å²) >= 11 is 1.36. The van der Waals surface area contributed by atoms with E-state index in [1.807, 2.05) is 44.3 Å². The Morgan fingerprint density at radius 3 is 2.75 bits per heavy atom. The van der Waals surface area contributed by atoms with Gasteiger partial charge >= 0.3 is 11.8 Å². The van der Waals surface area contributed by atoms with Crippen LogP contribution in [0, 0.1) is 13.8 Å². The molecule has 2 heterocycles. The summed E-state index contributed by atoms with van der Waals surface area (Å²) in [5.74, 6) is -1.34. The standard InChI is InChI=1S/C17H18N4O2S/c1-10-11(2)24-17(20-10)21-16(23)15(22)18-8-7-12-9-19-14-6-4-3-5-13(12)14/h3-6,9,19H,7-8H2,1-2H3,(H,18,22)(H,20,21,23). The van der Waals surface area contributed by atoms with Crippen LogP contribution in [0.2, 0.25) is 0 Å². The van der Waals surface area contributed by atoms with Crippen molar-refractivity contribution in [3.8, 4) is 0 Å². The number of hydrogen-bond acceptors (Lipinski definition) is 4. The molecule has 0 radical (unpaired) electrons. The van der Waals surface area contributed by atoms with Crippen molar-refractivity contribution >= 4 is 39.2 Å². The molecule has 0 spiro atoms. The zero-order valence-corrected chi connectivity index (χ0v) is 14.3. The van der Waals surface area contributed by atoms with Crippen molar-refractivity contribution in [3.05, 3.63) is 46.6 Å². The van der Waals surface area contributed by atoms with Crippen LogP contribution < -0.4 is 10.6 Å². The zero-order chi connectivity index (χ0) is 17.1. The van der Waals surface area contributed by atoms with E-state index in [9.17, 15) is 9.59 Å². The Bertz CT molecular complexity index is 878. The van der Waals surface area contributed by atoms with E-state index in [1.165, 1.54) is 11.3 Å². The van der Waals surface area contributed by atoms with Gasteiger partial charge in [-0.25, -0.2) is 4.98 Å². The molecule has 2 amide bonds. The van der Waals surface area contributed by atoms with E-state index in [0.29, 0.717) is 18.1 Å². The van der Waals surface area contributed by atoms with Crippen LogP contribution in [-0.4, -0.2) is 28.3 Å². The predicted octanol–water partition coefficient (Wildman–Crippen LogP) is 2.54. The topological polar surface area (TPSA) is 86.9 Å². The van der Waals surface area contributed by atoms with Crippen molar-refractivity contribution < 1.29 is 9.59 Å². The summed E-state index contributed by atoms with van der Waals surface area (Å²) in [5.41, 5.74) is 3.03. The monoisotopic (exact) mass is 342 g/mol. The summed E-state index contributed by atoms with van der Waals surface area (Å²) in [6.07, 6.45) is 2.58. The summed E-state index contributed by atoms with van der Waals surface area (Å²) in [5, 5.41) is 6.74. The smallest absolute Gasteiger partial charge is 0.315 e. The van der Waals surface area contributed by atoms with Crippen molar-refractivity contribution in [1.29, 1.82) is 0 Å². The average Bonchev–Trinajstić information content (AvgIpc) is 3.11. The molecule has 0 saturated carbocycles. The minimum absolute atomic E-state index is 0.393. The van der Waals surface area contributed by atoms with Gasteiger partial charge < -0.3 is 10.3 Å². The molecule has 0 atom stereocenters. The molecule has 7 heteroatoms. The number of anilines is 1. The lowest BCUT2D eigenvalue weighted by Gasteiger charge is -2.04. The number of nitrogens with one attached hydrogen (secondary N) is 3. The third-order valence-electron chi connectivity index (χ3n) is 3.81. The number of aromatic amines is 1. The minimum atomic E-state index is -0.692. The lowest BCUT2D eigenvalue weighted by molar-refractivity contribution is -0.136. The molecular formula is C17H18N4O2S. The van der Waals surface area contributed by atoms with Gasteiger partial charge in [-0.3, -0.25) is 14.9 Å². The van der Waals surface area contributed by atoms with Crippen LogP contribution in [0.3, 0.4) is 0 Å². The number of carbonyl (C=O) groups is 2. The average molecular weight is 342 g/mol. The molecule has 0 bridgehead atoms. The van der Waals surface area contributed by atoms with Crippen LogP contribution in [-0.2, 0) is 16.0 Å². The highest BCUT2D eigenvalue weighted by Gasteiger charge is 2.15. The number of aryl methyl sites for hydroxylation is 2. The molecule has 124 valence electrons. The van der Waals surface area contributed by atoms with Gasteiger partial charge in [0.1, 0.15) is 0 Å². The molecule has 24 heavy (non-hydrogen) atoms. The molecule has 0 aliphatic carbocycles. The van der Waals surface area contributed by atoms with E-state index in [4.69, 9.17) is 0 Å². The minimum Gasteiger partial charge on any atom is -0.361 e. The van der Waals surface area contributed by atoms with Gasteiger partial charge in [-0.15, -0.1) is 11.3 Å². The number of nitrogens with zero attached hydrogens (tertiary/aromatic N) is 1. The number of aromatic nitrogens is 2. The molecule has 0 unspecified atom stereocenters. The molecule has 0 fully saturated rings. The molecule has 3 rings (SSSR count). The number of para-hydroxylation sites is 1. The summed E-state index contributed by atoms with van der Waals surface area (Å²) in [6.45, 7) is 4.18. The largest absolute Gasteiger partial charge is 0.361 e. The van der Waals surface area contributed by atoms with E-state index in [2.05, 4.69) is 20.6 Å². The molecule has 1 aromatic carbocycles. The van der Waals surface area contributed by atoms with Crippen LogP contribution in [0.25, 0.3) is 10.9 Å². The van der Waals surface area contributed by atoms with Crippen LogP contribution in [0.5, 0.6) is 0 Å². The molecule has 0 saturated heterocycles. The van der Waals surface area contributed by atoms with Gasteiger partial charge in [0, 0.05) is 28.5 Å². The molecule has 3 N–H and O–H groups in total. The molecule has 3 aromatic rings. The quantitative estimate of drug-likeness (QED) is 0.637. The molecular weight excluding hydrogens is 324 g/mol. The van der Waals surface area contributed by atoms with Crippen LogP contribution in [0.4, 0.5) is 5.13 Å². The maximum absolute atomic E-state index is 11.9. The van der Waals surface area contributed by atoms with Gasteiger partial charge in [0.2, 0.25) is 0 Å². The molecule has 6 nitrogen and oxygen atoms in total. The highest BCUT2D eigenvalue weighted by Crippen LogP contribution is 2.21. The fraction of sp³-hybridized carbons (Fsp3) is 0.235. The summed E-state index contributed by atoms with van der Waals surface area (Å²) in [7, 11) is 0. The summed E-state index contributed by atoms with van der Waals surface area (Å²) in [6, 6.07) is 7.98. The number of H-pyrrole nitrogens is 1. The molecule has 0 aliphatic heterocycles. The normalized spacial score (nSPS) is 10.8. The Balaban J connectivity index is 1.52. The van der Waals surface area contributed by atoms with E-state index in [-0.39, 0.29) is 0 Å². The number of amides is 2. The first-order valence-corrected chi connectivity index (χ1v) is 8.44. The van der Waals surface area contributed by atoms with Gasteiger partial charge in [0.25, 0.3) is 0 Å². The first-order chi connectivity index (χ1) is 11.5. The molecule has 0 aliphatic rings. The fourth-order valence-corrected chi connectivity index (χ4v) is 3.22. The Labute approximate surface area is 143 Å². The summed E-state index contributed by atoms with van der Waals surface area (Å²) < 4.78 is 0. The van der Waals surface area contributed by atoms with Gasteiger partial charge in [-0.1, -0.05) is 18.2 Å². The van der Waals surface area contributed by atoms with Gasteiger partial charge in [-0.05, 0) is 31.9 Å². The second kappa shape index (κ2) is 6.84. The lowest BCUT2D eigenvalue weighted by Crippen LogP contribution is -2.36. The second-order valence-electron chi connectivity index (χ2n) is 5.48. The number of hydrogen-bond donors (Lipinski definition) is 3. The van der Waals surface area contributed by atoms with E-state index >= 15 is 0 Å². The Hall–Kier alpha value is -2.67. The van der Waals surface area contributed by atoms with Crippen LogP contribution in [0.15, 0.2) is 30.5 Å². The maximum Gasteiger partial charge on any atom is 0.315 e. The second-order valence-corrected chi connectivity index (χ2v) is 6.68. The highest BCUT2D eigenvalue weighted by molar-refractivity contribution is 7.15. The highest BCUT2D eigenvalue weighted by atomic mass is 32.1. The van der Waals surface area contributed by atoms with Crippen molar-refractivity contribution in [2.24, 2.45) is 0 Å². The number of thiazole rings is 1. The van der Waals surface area contributed by atoms with E-state index in [0.717, 1.165) is 27.0 Å². The first kappa shape index (κ1) is 16.2. The number of carbonyl (C=O) groups excluding carboxylic acids is 2. The lowest BCUT2D eigenvalue weighted by atomic mass is 10.1. The first-order valence-electron chi connectivity index (χ1n) is 7.63. The third-order valence-corrected chi connectivity index (χ3v) is 4.80. The van der Waals surface area contributed by atoms with Crippen molar-refractivity contribution in [2.45, 2.75) is 20.3 Å². The van der Waals surface area contributed by atoms with Crippen molar-refractivity contribution in [1.82, 2.24) is 15.3 Å². The van der Waals surface area contributed by atoms with Gasteiger partial charge in [-0.2, -0.15) is 0 Å². The van der Waals surface area contributed by atoms with Crippen molar-refractivity contribution in [3.63, 3.8) is 0 Å². The fourth-order valence-electron chi connectivity index (χ4n) is 2.41. The van der Waals surface area contributed by atoms with Crippen LogP contribution >= 0.6 is 11.3 Å². The number of rotatable bonds is 4. The van der Waals surface area contributed by atoms with E-state index in [1.54, 1.807) is 0 Å². The predicted molar refractivity (Wildman–Crippen MR) is 95.2 cm³/mol. The van der Waals surface area contributed by atoms with Gasteiger partial charge in [0.05, 0.1) is 5.69 Å². The van der Waals surface area contributed by atoms with Gasteiger partial charge in [0.15, 0.2) is 5.13 Å². The Kier molecular flexibility index (Phi) is 4.61. The van der Waals surface area contributed by atoms with Crippen LogP contribution in [0.1, 0.15) is 16.1 Å². The van der Waals surface area contributed by atoms with E-state index < -0.39 is 11.8 Å². The third kappa shape index (κ3) is 3.46. The van der Waals surface area contributed by atoms with Crippen molar-refractivity contribution in [2.75, 3.05) is 11.9 Å². The molecule has 2 aromatic heterocycles. The number of benzene rings is 1.